The Morgan fingerprint density at radius 2 is 1.18 bits per heavy atom. The van der Waals surface area contributed by atoms with E-state index in [1.54, 1.807) is 0 Å². The van der Waals surface area contributed by atoms with Gasteiger partial charge >= 0.3 is 0 Å². The molecule has 5 heteroatoms. The second-order valence-corrected chi connectivity index (χ2v) is 4.88. The van der Waals surface area contributed by atoms with E-state index in [4.69, 9.17) is 18.9 Å². The first-order valence-corrected chi connectivity index (χ1v) is 6.39. The topological polar surface area (TPSA) is 36.9 Å². The van der Waals surface area contributed by atoms with E-state index in [9.17, 15) is 0 Å². The van der Waals surface area contributed by atoms with Crippen molar-refractivity contribution < 1.29 is 18.9 Å². The van der Waals surface area contributed by atoms with Crippen LogP contribution in [0.25, 0.3) is 0 Å². The molecule has 2 aliphatic rings. The van der Waals surface area contributed by atoms with Crippen LogP contribution in [0.2, 0.25) is 0 Å². The van der Waals surface area contributed by atoms with Gasteiger partial charge < -0.3 is 18.9 Å². The third-order valence-corrected chi connectivity index (χ3v) is 3.19. The fraction of sp³-hybridized carbons (Fsp3) is 0.500. The highest BCUT2D eigenvalue weighted by Crippen LogP contribution is 2.31. The van der Waals surface area contributed by atoms with Gasteiger partial charge in [0.25, 0.3) is 0 Å². The van der Waals surface area contributed by atoms with Gasteiger partial charge in [-0.3, -0.25) is 0 Å². The van der Waals surface area contributed by atoms with Crippen LogP contribution < -0.4 is 0 Å². The highest BCUT2D eigenvalue weighted by molar-refractivity contribution is 9.10. The predicted octanol–water partition coefficient (Wildman–Crippen LogP) is 2.54. The van der Waals surface area contributed by atoms with Gasteiger partial charge in [-0.15, -0.1) is 0 Å². The van der Waals surface area contributed by atoms with Crippen LogP contribution in [-0.2, 0) is 18.9 Å². The van der Waals surface area contributed by atoms with Crippen LogP contribution in [-0.4, -0.2) is 26.4 Å². The Bertz CT molecular complexity index is 363. The fourth-order valence-corrected chi connectivity index (χ4v) is 2.54. The van der Waals surface area contributed by atoms with Crippen LogP contribution in [0.5, 0.6) is 0 Å². The predicted molar refractivity (Wildman–Crippen MR) is 63.4 cm³/mol. The summed E-state index contributed by atoms with van der Waals surface area (Å²) in [7, 11) is 0. The number of hydrogen-bond donors (Lipinski definition) is 0. The normalized spacial score (nSPS) is 22.4. The first-order chi connectivity index (χ1) is 8.33. The first-order valence-electron chi connectivity index (χ1n) is 5.60. The molecule has 2 heterocycles. The molecule has 4 nitrogen and oxygen atoms in total. The van der Waals surface area contributed by atoms with Gasteiger partial charge in [0.1, 0.15) is 0 Å². The van der Waals surface area contributed by atoms with Gasteiger partial charge in [-0.25, -0.2) is 0 Å². The van der Waals surface area contributed by atoms with Crippen molar-refractivity contribution in [2.24, 2.45) is 0 Å². The number of benzene rings is 1. The zero-order chi connectivity index (χ0) is 11.7. The molecular formula is C12H13BrO4. The zero-order valence-electron chi connectivity index (χ0n) is 9.23. The number of rotatable bonds is 2. The molecule has 0 saturated carbocycles. The number of halogens is 1. The van der Waals surface area contributed by atoms with E-state index >= 15 is 0 Å². The van der Waals surface area contributed by atoms with Crippen LogP contribution in [0.1, 0.15) is 23.7 Å². The molecule has 0 unspecified atom stereocenters. The molecule has 0 atom stereocenters. The van der Waals surface area contributed by atoms with Crippen molar-refractivity contribution >= 4 is 15.9 Å². The lowest BCUT2D eigenvalue weighted by atomic mass is 10.1. The summed E-state index contributed by atoms with van der Waals surface area (Å²) in [6.45, 7) is 2.57. The maximum absolute atomic E-state index is 5.49. The van der Waals surface area contributed by atoms with Crippen LogP contribution in [0.15, 0.2) is 22.7 Å². The molecular weight excluding hydrogens is 288 g/mol. The van der Waals surface area contributed by atoms with Crippen LogP contribution in [0.4, 0.5) is 0 Å². The molecule has 1 aromatic rings. The van der Waals surface area contributed by atoms with Crippen molar-refractivity contribution in [3.05, 3.63) is 33.8 Å². The molecule has 2 saturated heterocycles. The molecule has 2 fully saturated rings. The van der Waals surface area contributed by atoms with E-state index in [1.165, 1.54) is 0 Å². The summed E-state index contributed by atoms with van der Waals surface area (Å²) in [5.74, 6) is 0. The van der Waals surface area contributed by atoms with E-state index in [2.05, 4.69) is 15.9 Å². The van der Waals surface area contributed by atoms with Crippen molar-refractivity contribution in [2.75, 3.05) is 26.4 Å². The third-order valence-electron chi connectivity index (χ3n) is 2.73. The van der Waals surface area contributed by atoms with Gasteiger partial charge in [-0.05, 0) is 18.2 Å². The molecule has 92 valence electrons. The summed E-state index contributed by atoms with van der Waals surface area (Å²) in [4.78, 5) is 0. The van der Waals surface area contributed by atoms with Crippen LogP contribution >= 0.6 is 15.9 Å². The quantitative estimate of drug-likeness (QED) is 0.841. The summed E-state index contributed by atoms with van der Waals surface area (Å²) >= 11 is 3.48. The van der Waals surface area contributed by atoms with E-state index in [-0.39, 0.29) is 12.6 Å². The maximum atomic E-state index is 5.49. The molecule has 17 heavy (non-hydrogen) atoms. The minimum atomic E-state index is -0.271. The van der Waals surface area contributed by atoms with Gasteiger partial charge in [0.05, 0.1) is 26.4 Å². The number of ether oxygens (including phenoxy) is 4. The van der Waals surface area contributed by atoms with Gasteiger partial charge in [0, 0.05) is 15.6 Å². The standard InChI is InChI=1S/C12H13BrO4/c13-10-6-8(11-14-1-2-15-11)5-9(7-10)12-16-3-4-17-12/h5-7,11-12H,1-4H2. The van der Waals surface area contributed by atoms with Crippen molar-refractivity contribution in [3.63, 3.8) is 0 Å². The van der Waals surface area contributed by atoms with Gasteiger partial charge in [0.2, 0.25) is 0 Å². The molecule has 1 aromatic carbocycles. The van der Waals surface area contributed by atoms with Crippen molar-refractivity contribution in [1.82, 2.24) is 0 Å². The Morgan fingerprint density at radius 1 is 0.765 bits per heavy atom. The Balaban J connectivity index is 1.88. The van der Waals surface area contributed by atoms with E-state index in [1.807, 2.05) is 18.2 Å². The molecule has 0 aliphatic carbocycles. The van der Waals surface area contributed by atoms with E-state index in [0.29, 0.717) is 26.4 Å². The summed E-state index contributed by atoms with van der Waals surface area (Å²) in [6, 6.07) is 6.00. The molecule has 0 amide bonds. The zero-order valence-corrected chi connectivity index (χ0v) is 10.8. The lowest BCUT2D eigenvalue weighted by Crippen LogP contribution is -2.03. The second-order valence-electron chi connectivity index (χ2n) is 3.96. The molecule has 0 spiro atoms. The van der Waals surface area contributed by atoms with Gasteiger partial charge in [-0.1, -0.05) is 15.9 Å². The maximum Gasteiger partial charge on any atom is 0.184 e. The fourth-order valence-electron chi connectivity index (χ4n) is 2.01. The second kappa shape index (κ2) is 5.04. The van der Waals surface area contributed by atoms with Crippen molar-refractivity contribution in [1.29, 1.82) is 0 Å². The number of hydrogen-bond acceptors (Lipinski definition) is 4. The third kappa shape index (κ3) is 2.53. The lowest BCUT2D eigenvalue weighted by Gasteiger charge is -2.14. The van der Waals surface area contributed by atoms with Crippen LogP contribution in [0, 0.1) is 0 Å². The smallest absolute Gasteiger partial charge is 0.184 e. The first kappa shape index (κ1) is 11.6. The van der Waals surface area contributed by atoms with Gasteiger partial charge in [0.15, 0.2) is 12.6 Å². The summed E-state index contributed by atoms with van der Waals surface area (Å²) in [5.41, 5.74) is 1.98. The summed E-state index contributed by atoms with van der Waals surface area (Å²) < 4.78 is 22.9. The highest BCUT2D eigenvalue weighted by atomic mass is 79.9. The Labute approximate surface area is 108 Å². The van der Waals surface area contributed by atoms with Crippen molar-refractivity contribution in [2.45, 2.75) is 12.6 Å². The summed E-state index contributed by atoms with van der Waals surface area (Å²) in [6.07, 6.45) is -0.541. The minimum absolute atomic E-state index is 0.271. The van der Waals surface area contributed by atoms with Crippen LogP contribution in [0.3, 0.4) is 0 Å². The van der Waals surface area contributed by atoms with Gasteiger partial charge in [-0.2, -0.15) is 0 Å². The molecule has 0 N–H and O–H groups in total. The largest absolute Gasteiger partial charge is 0.346 e. The monoisotopic (exact) mass is 300 g/mol. The highest BCUT2D eigenvalue weighted by Gasteiger charge is 2.23. The minimum Gasteiger partial charge on any atom is -0.346 e. The molecule has 2 aliphatic heterocycles. The average Bonchev–Trinajstić information content (AvgIpc) is 3.02. The molecule has 3 rings (SSSR count). The molecule has 0 radical (unpaired) electrons. The SMILES string of the molecule is Brc1cc(C2OCCO2)cc(C2OCCO2)c1. The Kier molecular flexibility index (Phi) is 3.44. The lowest BCUT2D eigenvalue weighted by molar-refractivity contribution is -0.0493. The average molecular weight is 301 g/mol. The Hall–Kier alpha value is -0.460. The van der Waals surface area contributed by atoms with E-state index < -0.39 is 0 Å². The Morgan fingerprint density at radius 3 is 1.59 bits per heavy atom. The molecule has 0 bridgehead atoms. The molecule has 0 aromatic heterocycles. The van der Waals surface area contributed by atoms with Crippen molar-refractivity contribution in [3.8, 4) is 0 Å². The van der Waals surface area contributed by atoms with E-state index in [0.717, 1.165) is 15.6 Å². The summed E-state index contributed by atoms with van der Waals surface area (Å²) in [5, 5.41) is 0.